The van der Waals surface area contributed by atoms with Gasteiger partial charge in [0.2, 0.25) is 5.91 Å². The molecule has 104 valence electrons. The van der Waals surface area contributed by atoms with Gasteiger partial charge in [0.25, 0.3) is 0 Å². The molecule has 0 aliphatic rings. The van der Waals surface area contributed by atoms with Crippen molar-refractivity contribution in [3.05, 3.63) is 64.9 Å². The molecule has 1 aromatic heterocycles. The van der Waals surface area contributed by atoms with Gasteiger partial charge in [0, 0.05) is 30.4 Å². The number of aromatic nitrogens is 1. The molecule has 0 atom stereocenters. The number of hydrogen-bond donors (Lipinski definition) is 1. The van der Waals surface area contributed by atoms with Crippen LogP contribution in [0.25, 0.3) is 0 Å². The monoisotopic (exact) mass is 288 g/mol. The zero-order chi connectivity index (χ0) is 14.2. The average Bonchev–Trinajstić information content (AvgIpc) is 2.48. The highest BCUT2D eigenvalue weighted by atomic mass is 35.5. The molecule has 20 heavy (non-hydrogen) atoms. The molecule has 1 N–H and O–H groups in total. The highest BCUT2D eigenvalue weighted by Crippen LogP contribution is 2.11. The fraction of sp³-hybridized carbons (Fsp3) is 0.250. The molecule has 0 aliphatic heterocycles. The van der Waals surface area contributed by atoms with Crippen LogP contribution in [0, 0.1) is 0 Å². The smallest absolute Gasteiger partial charge is 0.220 e. The lowest BCUT2D eigenvalue weighted by Crippen LogP contribution is -2.22. The van der Waals surface area contributed by atoms with E-state index in [2.05, 4.69) is 10.3 Å². The zero-order valence-corrected chi connectivity index (χ0v) is 11.9. The highest BCUT2D eigenvalue weighted by Gasteiger charge is 2.02. The number of amides is 1. The Morgan fingerprint density at radius 1 is 1.05 bits per heavy atom. The van der Waals surface area contributed by atoms with Crippen LogP contribution in [0.5, 0.6) is 0 Å². The van der Waals surface area contributed by atoms with Crippen molar-refractivity contribution in [2.75, 3.05) is 0 Å². The van der Waals surface area contributed by atoms with E-state index < -0.39 is 0 Å². The lowest BCUT2D eigenvalue weighted by atomic mass is 10.1. The second kappa shape index (κ2) is 7.65. The number of carbonyl (C=O) groups is 1. The summed E-state index contributed by atoms with van der Waals surface area (Å²) >= 11 is 5.83. The number of nitrogens with one attached hydrogen (secondary N) is 1. The van der Waals surface area contributed by atoms with E-state index in [9.17, 15) is 4.79 Å². The van der Waals surface area contributed by atoms with Gasteiger partial charge in [0.1, 0.15) is 0 Å². The summed E-state index contributed by atoms with van der Waals surface area (Å²) in [6.45, 7) is 0.558. The summed E-state index contributed by atoms with van der Waals surface area (Å²) in [6, 6.07) is 11.5. The molecule has 1 aromatic carbocycles. The normalized spacial score (nSPS) is 10.2. The van der Waals surface area contributed by atoms with Crippen LogP contribution in [-0.4, -0.2) is 10.9 Å². The van der Waals surface area contributed by atoms with Crippen molar-refractivity contribution in [2.45, 2.75) is 25.8 Å². The Balaban J connectivity index is 1.66. The van der Waals surface area contributed by atoms with Gasteiger partial charge in [0.05, 0.1) is 0 Å². The Morgan fingerprint density at radius 2 is 1.75 bits per heavy atom. The second-order valence-corrected chi connectivity index (χ2v) is 5.05. The van der Waals surface area contributed by atoms with Gasteiger partial charge in [-0.1, -0.05) is 23.7 Å². The molecule has 0 bridgehead atoms. The van der Waals surface area contributed by atoms with E-state index in [1.54, 1.807) is 12.4 Å². The Morgan fingerprint density at radius 3 is 2.45 bits per heavy atom. The van der Waals surface area contributed by atoms with Gasteiger partial charge in [-0.3, -0.25) is 9.78 Å². The number of aryl methyl sites for hydroxylation is 1. The molecule has 0 aliphatic carbocycles. The summed E-state index contributed by atoms with van der Waals surface area (Å²) < 4.78 is 0. The maximum atomic E-state index is 11.7. The minimum atomic E-state index is 0.0794. The molecule has 0 unspecified atom stereocenters. The minimum Gasteiger partial charge on any atom is -0.352 e. The summed E-state index contributed by atoms with van der Waals surface area (Å²) in [7, 11) is 0. The first kappa shape index (κ1) is 14.5. The molecule has 2 aromatic rings. The Kier molecular flexibility index (Phi) is 5.56. The third-order valence-electron chi connectivity index (χ3n) is 3.02. The SMILES string of the molecule is O=C(CCCc1ccc(Cl)cc1)NCc1ccncc1. The van der Waals surface area contributed by atoms with Crippen molar-refractivity contribution < 1.29 is 4.79 Å². The van der Waals surface area contributed by atoms with Gasteiger partial charge in [-0.15, -0.1) is 0 Å². The molecule has 4 heteroatoms. The summed E-state index contributed by atoms with van der Waals surface area (Å²) in [6.07, 6.45) is 5.71. The summed E-state index contributed by atoms with van der Waals surface area (Å²) in [4.78, 5) is 15.7. The van der Waals surface area contributed by atoms with Crippen molar-refractivity contribution in [3.63, 3.8) is 0 Å². The first-order chi connectivity index (χ1) is 9.74. The van der Waals surface area contributed by atoms with Crippen LogP contribution in [0.15, 0.2) is 48.8 Å². The number of carbonyl (C=O) groups excluding carboxylic acids is 1. The van der Waals surface area contributed by atoms with Gasteiger partial charge in [0.15, 0.2) is 0 Å². The first-order valence-electron chi connectivity index (χ1n) is 6.64. The lowest BCUT2D eigenvalue weighted by molar-refractivity contribution is -0.121. The molecule has 2 rings (SSSR count). The fourth-order valence-electron chi connectivity index (χ4n) is 1.89. The van der Waals surface area contributed by atoms with Crippen LogP contribution < -0.4 is 5.32 Å². The predicted octanol–water partition coefficient (Wildman–Crippen LogP) is 3.37. The molecule has 1 amide bonds. The van der Waals surface area contributed by atoms with E-state index >= 15 is 0 Å². The number of benzene rings is 1. The highest BCUT2D eigenvalue weighted by molar-refractivity contribution is 6.30. The predicted molar refractivity (Wildman–Crippen MR) is 80.5 cm³/mol. The third kappa shape index (κ3) is 5.02. The van der Waals surface area contributed by atoms with E-state index in [-0.39, 0.29) is 5.91 Å². The van der Waals surface area contributed by atoms with Crippen molar-refractivity contribution in [1.29, 1.82) is 0 Å². The number of rotatable bonds is 6. The Hall–Kier alpha value is -1.87. The van der Waals surface area contributed by atoms with E-state index in [4.69, 9.17) is 11.6 Å². The van der Waals surface area contributed by atoms with E-state index in [0.717, 1.165) is 23.4 Å². The molecule has 0 saturated carbocycles. The Bertz CT molecular complexity index is 540. The fourth-order valence-corrected chi connectivity index (χ4v) is 2.02. The molecule has 1 heterocycles. The van der Waals surface area contributed by atoms with E-state index in [0.29, 0.717) is 13.0 Å². The van der Waals surface area contributed by atoms with Crippen LogP contribution in [0.1, 0.15) is 24.0 Å². The molecule has 0 spiro atoms. The molecular formula is C16H17ClN2O. The molecule has 0 fully saturated rings. The van der Waals surface area contributed by atoms with Crippen molar-refractivity contribution in [2.24, 2.45) is 0 Å². The van der Waals surface area contributed by atoms with Gasteiger partial charge in [-0.05, 0) is 48.2 Å². The van der Waals surface area contributed by atoms with Crippen molar-refractivity contribution in [1.82, 2.24) is 10.3 Å². The Labute approximate surface area is 124 Å². The van der Waals surface area contributed by atoms with Crippen LogP contribution in [0.2, 0.25) is 5.02 Å². The molecule has 3 nitrogen and oxygen atoms in total. The lowest BCUT2D eigenvalue weighted by Gasteiger charge is -2.05. The molecule has 0 saturated heterocycles. The van der Waals surface area contributed by atoms with Crippen molar-refractivity contribution in [3.8, 4) is 0 Å². The second-order valence-electron chi connectivity index (χ2n) is 4.61. The first-order valence-corrected chi connectivity index (χ1v) is 7.02. The van der Waals surface area contributed by atoms with Gasteiger partial charge in [-0.25, -0.2) is 0 Å². The van der Waals surface area contributed by atoms with Crippen LogP contribution in [0.3, 0.4) is 0 Å². The third-order valence-corrected chi connectivity index (χ3v) is 3.27. The maximum absolute atomic E-state index is 11.7. The zero-order valence-electron chi connectivity index (χ0n) is 11.2. The van der Waals surface area contributed by atoms with Gasteiger partial charge in [-0.2, -0.15) is 0 Å². The summed E-state index contributed by atoms with van der Waals surface area (Å²) in [5.74, 6) is 0.0794. The molecule has 0 radical (unpaired) electrons. The number of pyridine rings is 1. The van der Waals surface area contributed by atoms with E-state index in [1.807, 2.05) is 36.4 Å². The van der Waals surface area contributed by atoms with Crippen LogP contribution >= 0.6 is 11.6 Å². The summed E-state index contributed by atoms with van der Waals surface area (Å²) in [5.41, 5.74) is 2.27. The van der Waals surface area contributed by atoms with Crippen LogP contribution in [0.4, 0.5) is 0 Å². The number of nitrogens with zero attached hydrogens (tertiary/aromatic N) is 1. The van der Waals surface area contributed by atoms with E-state index in [1.165, 1.54) is 5.56 Å². The average molecular weight is 289 g/mol. The van der Waals surface area contributed by atoms with Crippen molar-refractivity contribution >= 4 is 17.5 Å². The summed E-state index contributed by atoms with van der Waals surface area (Å²) in [5, 5.41) is 3.65. The quantitative estimate of drug-likeness (QED) is 0.885. The number of hydrogen-bond acceptors (Lipinski definition) is 2. The topological polar surface area (TPSA) is 42.0 Å². The maximum Gasteiger partial charge on any atom is 0.220 e. The number of halogens is 1. The molecular weight excluding hydrogens is 272 g/mol. The standard InChI is InChI=1S/C16H17ClN2O/c17-15-6-4-13(5-7-15)2-1-3-16(20)19-12-14-8-10-18-11-9-14/h4-11H,1-3,12H2,(H,19,20). The van der Waals surface area contributed by atoms with Crippen LogP contribution in [-0.2, 0) is 17.8 Å². The minimum absolute atomic E-state index is 0.0794. The van der Waals surface area contributed by atoms with Gasteiger partial charge >= 0.3 is 0 Å². The van der Waals surface area contributed by atoms with Gasteiger partial charge < -0.3 is 5.32 Å². The largest absolute Gasteiger partial charge is 0.352 e.